The fourth-order valence-corrected chi connectivity index (χ4v) is 11.6. The van der Waals surface area contributed by atoms with Crippen molar-refractivity contribution in [1.29, 1.82) is 0 Å². The highest BCUT2D eigenvalue weighted by atomic mass is 28.4. The van der Waals surface area contributed by atoms with E-state index in [2.05, 4.69) is 39.7 Å². The lowest BCUT2D eigenvalue weighted by atomic mass is 10.2. The van der Waals surface area contributed by atoms with Crippen LogP contribution in [0.5, 0.6) is 0 Å². The predicted octanol–water partition coefficient (Wildman–Crippen LogP) is 3.39. The zero-order valence-electron chi connectivity index (χ0n) is 18.1. The van der Waals surface area contributed by atoms with E-state index in [1.54, 1.807) is 7.11 Å². The molecule has 1 atom stereocenters. The van der Waals surface area contributed by atoms with Gasteiger partial charge in [-0.2, -0.15) is 0 Å². The summed E-state index contributed by atoms with van der Waals surface area (Å²) in [5.74, 6) is 0.523. The molecule has 1 unspecified atom stereocenters. The second kappa shape index (κ2) is 15.2. The lowest BCUT2D eigenvalue weighted by molar-refractivity contribution is -0.00990. The summed E-state index contributed by atoms with van der Waals surface area (Å²) in [6, 6.07) is 1.14. The largest absolute Gasteiger partial charge is 0.456 e. The van der Waals surface area contributed by atoms with E-state index in [0.717, 1.165) is 12.7 Å². The molecule has 0 rings (SSSR count). The quantitative estimate of drug-likeness (QED) is 0.255. The molecule has 0 aliphatic carbocycles. The van der Waals surface area contributed by atoms with E-state index in [4.69, 9.17) is 27.8 Å². The third-order valence-corrected chi connectivity index (χ3v) is 9.71. The van der Waals surface area contributed by atoms with Gasteiger partial charge in [0.25, 0.3) is 0 Å². The van der Waals surface area contributed by atoms with Crippen LogP contribution in [-0.4, -0.2) is 83.2 Å². The standard InChI is InChI=1S/C18H42O6Si2/c1-18(17-26(6,7)24-25(3,4)5)16-23-15-14-22-13-12-21-11-10-20-9-8-19-2/h18H,8-17H2,1-7H3. The van der Waals surface area contributed by atoms with Gasteiger partial charge in [0.2, 0.25) is 0 Å². The van der Waals surface area contributed by atoms with Gasteiger partial charge in [-0.1, -0.05) is 6.92 Å². The van der Waals surface area contributed by atoms with Crippen molar-refractivity contribution < 1.29 is 27.8 Å². The molecule has 0 bridgehead atoms. The first-order valence-electron chi connectivity index (χ1n) is 9.66. The van der Waals surface area contributed by atoms with Crippen LogP contribution in [0.2, 0.25) is 38.8 Å². The monoisotopic (exact) mass is 410 g/mol. The van der Waals surface area contributed by atoms with Crippen molar-refractivity contribution in [2.45, 2.75) is 45.7 Å². The van der Waals surface area contributed by atoms with Gasteiger partial charge in [0.1, 0.15) is 0 Å². The Morgan fingerprint density at radius 3 is 1.50 bits per heavy atom. The second-order valence-electron chi connectivity index (χ2n) is 8.19. The summed E-state index contributed by atoms with van der Waals surface area (Å²) in [6.07, 6.45) is 0. The van der Waals surface area contributed by atoms with Crippen LogP contribution in [0.4, 0.5) is 0 Å². The Hall–Kier alpha value is 0.194. The molecule has 0 fully saturated rings. The van der Waals surface area contributed by atoms with Crippen molar-refractivity contribution in [1.82, 2.24) is 0 Å². The van der Waals surface area contributed by atoms with Crippen molar-refractivity contribution in [2.24, 2.45) is 5.92 Å². The number of methoxy groups -OCH3 is 1. The summed E-state index contributed by atoms with van der Waals surface area (Å²) >= 11 is 0. The van der Waals surface area contributed by atoms with Crippen LogP contribution in [0, 0.1) is 5.92 Å². The summed E-state index contributed by atoms with van der Waals surface area (Å²) in [4.78, 5) is 0. The summed E-state index contributed by atoms with van der Waals surface area (Å²) in [5, 5.41) is 0. The zero-order chi connectivity index (χ0) is 19.9. The van der Waals surface area contributed by atoms with Crippen LogP contribution in [0.25, 0.3) is 0 Å². The van der Waals surface area contributed by atoms with Gasteiger partial charge in [-0.15, -0.1) is 0 Å². The van der Waals surface area contributed by atoms with Crippen molar-refractivity contribution >= 4 is 16.6 Å². The maximum Gasteiger partial charge on any atom is 0.173 e. The van der Waals surface area contributed by atoms with Gasteiger partial charge in [0, 0.05) is 13.7 Å². The first-order chi connectivity index (χ1) is 12.2. The zero-order valence-corrected chi connectivity index (χ0v) is 20.1. The summed E-state index contributed by atoms with van der Waals surface area (Å²) < 4.78 is 33.2. The summed E-state index contributed by atoms with van der Waals surface area (Å²) in [7, 11) is -1.39. The Bertz CT molecular complexity index is 323. The average Bonchev–Trinajstić information content (AvgIpc) is 2.48. The van der Waals surface area contributed by atoms with Gasteiger partial charge >= 0.3 is 0 Å². The van der Waals surface area contributed by atoms with Crippen molar-refractivity contribution in [3.63, 3.8) is 0 Å². The molecule has 0 radical (unpaired) electrons. The molecule has 0 N–H and O–H groups in total. The first kappa shape index (κ1) is 26.2. The minimum absolute atomic E-state index is 0.523. The van der Waals surface area contributed by atoms with Crippen LogP contribution in [0.1, 0.15) is 6.92 Å². The highest BCUT2D eigenvalue weighted by Crippen LogP contribution is 2.22. The molecule has 0 aliphatic heterocycles. The molecular formula is C18H42O6Si2. The molecule has 26 heavy (non-hydrogen) atoms. The Morgan fingerprint density at radius 1 is 0.654 bits per heavy atom. The van der Waals surface area contributed by atoms with Crippen molar-refractivity contribution in [3.05, 3.63) is 0 Å². The van der Waals surface area contributed by atoms with E-state index < -0.39 is 16.6 Å². The molecule has 6 nitrogen and oxygen atoms in total. The SMILES string of the molecule is COCCOCCOCCOCCOCC(C)C[Si](C)(C)O[Si](C)(C)C. The molecule has 0 spiro atoms. The van der Waals surface area contributed by atoms with Crippen LogP contribution >= 0.6 is 0 Å². The summed E-state index contributed by atoms with van der Waals surface area (Å²) in [5.41, 5.74) is 0. The fraction of sp³-hybridized carbons (Fsp3) is 1.00. The third-order valence-electron chi connectivity index (χ3n) is 3.37. The lowest BCUT2D eigenvalue weighted by Gasteiger charge is -2.33. The van der Waals surface area contributed by atoms with E-state index >= 15 is 0 Å². The second-order valence-corrected chi connectivity index (χ2v) is 17.2. The molecule has 0 saturated heterocycles. The van der Waals surface area contributed by atoms with E-state index in [1.165, 1.54) is 0 Å². The van der Waals surface area contributed by atoms with Gasteiger partial charge in [0.05, 0.1) is 52.9 Å². The van der Waals surface area contributed by atoms with Crippen molar-refractivity contribution in [2.75, 3.05) is 66.6 Å². The Labute approximate surface area is 163 Å². The lowest BCUT2D eigenvalue weighted by Crippen LogP contribution is -2.43. The van der Waals surface area contributed by atoms with Crippen LogP contribution < -0.4 is 0 Å². The minimum atomic E-state index is -1.59. The third kappa shape index (κ3) is 19.0. The normalized spacial score (nSPS) is 14.0. The van der Waals surface area contributed by atoms with Crippen LogP contribution in [-0.2, 0) is 27.8 Å². The van der Waals surface area contributed by atoms with Gasteiger partial charge in [-0.05, 0) is 44.7 Å². The predicted molar refractivity (Wildman–Crippen MR) is 111 cm³/mol. The van der Waals surface area contributed by atoms with Crippen LogP contribution in [0.3, 0.4) is 0 Å². The van der Waals surface area contributed by atoms with Gasteiger partial charge < -0.3 is 27.8 Å². The molecule has 0 amide bonds. The highest BCUT2D eigenvalue weighted by molar-refractivity contribution is 6.84. The number of ether oxygens (including phenoxy) is 5. The van der Waals surface area contributed by atoms with E-state index in [0.29, 0.717) is 58.8 Å². The first-order valence-corrected chi connectivity index (χ1v) is 16.2. The number of hydrogen-bond donors (Lipinski definition) is 0. The van der Waals surface area contributed by atoms with Gasteiger partial charge in [-0.25, -0.2) is 0 Å². The van der Waals surface area contributed by atoms with Crippen LogP contribution in [0.15, 0.2) is 0 Å². The highest BCUT2D eigenvalue weighted by Gasteiger charge is 2.31. The smallest absolute Gasteiger partial charge is 0.173 e. The molecule has 8 heteroatoms. The molecule has 0 saturated carbocycles. The molecule has 0 heterocycles. The Morgan fingerprint density at radius 2 is 1.08 bits per heavy atom. The maximum absolute atomic E-state index is 6.38. The van der Waals surface area contributed by atoms with Crippen molar-refractivity contribution in [3.8, 4) is 0 Å². The number of hydrogen-bond acceptors (Lipinski definition) is 6. The minimum Gasteiger partial charge on any atom is -0.456 e. The molecule has 0 aromatic carbocycles. The molecule has 0 aromatic heterocycles. The molecular weight excluding hydrogens is 368 g/mol. The number of rotatable bonds is 18. The summed E-state index contributed by atoms with van der Waals surface area (Å²) in [6.45, 7) is 19.2. The molecule has 158 valence electrons. The van der Waals surface area contributed by atoms with E-state index in [1.807, 2.05) is 0 Å². The van der Waals surface area contributed by atoms with Gasteiger partial charge in [0.15, 0.2) is 16.6 Å². The topological polar surface area (TPSA) is 55.4 Å². The van der Waals surface area contributed by atoms with E-state index in [-0.39, 0.29) is 0 Å². The van der Waals surface area contributed by atoms with Gasteiger partial charge in [-0.3, -0.25) is 0 Å². The molecule has 0 aromatic rings. The maximum atomic E-state index is 6.38. The fourth-order valence-electron chi connectivity index (χ4n) is 2.86. The van der Waals surface area contributed by atoms with E-state index in [9.17, 15) is 0 Å². The molecule has 0 aliphatic rings. The Kier molecular flexibility index (Phi) is 15.3. The Balaban J connectivity index is 3.44. The average molecular weight is 411 g/mol.